The highest BCUT2D eigenvalue weighted by atomic mass is 32.2. The third-order valence-corrected chi connectivity index (χ3v) is 5.49. The van der Waals surface area contributed by atoms with E-state index < -0.39 is 11.2 Å². The van der Waals surface area contributed by atoms with Crippen LogP contribution in [0, 0.1) is 0 Å². The van der Waals surface area contributed by atoms with E-state index in [-0.39, 0.29) is 18.2 Å². The van der Waals surface area contributed by atoms with Crippen LogP contribution in [-0.4, -0.2) is 41.6 Å². The summed E-state index contributed by atoms with van der Waals surface area (Å²) in [7, 11) is 1.32. The number of benzene rings is 2. The van der Waals surface area contributed by atoms with Gasteiger partial charge < -0.3 is 4.74 Å². The van der Waals surface area contributed by atoms with Gasteiger partial charge in [-0.25, -0.2) is 4.79 Å². The quantitative estimate of drug-likeness (QED) is 0.579. The van der Waals surface area contributed by atoms with Crippen molar-refractivity contribution in [3.8, 4) is 0 Å². The highest BCUT2D eigenvalue weighted by Crippen LogP contribution is 2.33. The van der Waals surface area contributed by atoms with Crippen LogP contribution in [0.25, 0.3) is 0 Å². The van der Waals surface area contributed by atoms with Crippen molar-refractivity contribution in [2.45, 2.75) is 23.0 Å². The minimum atomic E-state index is -0.510. The summed E-state index contributed by atoms with van der Waals surface area (Å²) in [5, 5.41) is -0.510. The number of imide groups is 1. The van der Waals surface area contributed by atoms with E-state index in [1.54, 1.807) is 24.3 Å². The maximum Gasteiger partial charge on any atom is 0.338 e. The number of esters is 1. The molecule has 2 amide bonds. The number of methoxy groups -OCH3 is 1. The molecule has 5 nitrogen and oxygen atoms in total. The Morgan fingerprint density at radius 3 is 2.54 bits per heavy atom. The highest BCUT2D eigenvalue weighted by molar-refractivity contribution is 8.00. The highest BCUT2D eigenvalue weighted by Gasteiger charge is 2.39. The smallest absolute Gasteiger partial charge is 0.338 e. The number of hydrogen-bond acceptors (Lipinski definition) is 5. The number of likely N-dealkylation sites (tertiary alicyclic amines) is 1. The van der Waals surface area contributed by atoms with Gasteiger partial charge in [-0.05, 0) is 24.1 Å². The van der Waals surface area contributed by atoms with Crippen molar-refractivity contribution in [1.29, 1.82) is 0 Å². The third-order valence-electron chi connectivity index (χ3n) is 4.23. The fourth-order valence-electron chi connectivity index (χ4n) is 2.87. The summed E-state index contributed by atoms with van der Waals surface area (Å²) in [4.78, 5) is 38.8. The number of amides is 2. The second-order valence-corrected chi connectivity index (χ2v) is 7.16. The molecule has 0 N–H and O–H groups in total. The van der Waals surface area contributed by atoms with Crippen molar-refractivity contribution >= 4 is 29.5 Å². The van der Waals surface area contributed by atoms with E-state index in [1.807, 2.05) is 30.3 Å². The minimum Gasteiger partial charge on any atom is -0.465 e. The van der Waals surface area contributed by atoms with E-state index in [0.29, 0.717) is 23.4 Å². The molecule has 134 valence electrons. The Kier molecular flexibility index (Phi) is 5.73. The Hall–Kier alpha value is -2.60. The molecule has 0 unspecified atom stereocenters. The molecule has 2 aromatic rings. The molecule has 26 heavy (non-hydrogen) atoms. The lowest BCUT2D eigenvalue weighted by atomic mass is 10.1. The number of nitrogens with zero attached hydrogens (tertiary/aromatic N) is 1. The molecule has 2 aromatic carbocycles. The van der Waals surface area contributed by atoms with Gasteiger partial charge in [0.15, 0.2) is 0 Å². The van der Waals surface area contributed by atoms with Gasteiger partial charge >= 0.3 is 5.97 Å². The van der Waals surface area contributed by atoms with Crippen molar-refractivity contribution in [3.63, 3.8) is 0 Å². The monoisotopic (exact) mass is 369 g/mol. The van der Waals surface area contributed by atoms with Crippen molar-refractivity contribution in [1.82, 2.24) is 4.90 Å². The van der Waals surface area contributed by atoms with Gasteiger partial charge in [-0.15, -0.1) is 11.8 Å². The second-order valence-electron chi connectivity index (χ2n) is 5.92. The molecule has 1 saturated heterocycles. The van der Waals surface area contributed by atoms with Gasteiger partial charge in [0.2, 0.25) is 11.8 Å². The van der Waals surface area contributed by atoms with Gasteiger partial charge in [-0.1, -0.05) is 42.5 Å². The van der Waals surface area contributed by atoms with E-state index in [1.165, 1.54) is 23.8 Å². The van der Waals surface area contributed by atoms with Crippen LogP contribution in [0.1, 0.15) is 22.3 Å². The van der Waals surface area contributed by atoms with Gasteiger partial charge in [0.25, 0.3) is 0 Å². The van der Waals surface area contributed by atoms with Crippen LogP contribution in [0.3, 0.4) is 0 Å². The third kappa shape index (κ3) is 3.96. The lowest BCUT2D eigenvalue weighted by molar-refractivity contribution is -0.138. The molecule has 3 rings (SSSR count). The summed E-state index contributed by atoms with van der Waals surface area (Å²) < 4.78 is 4.78. The Bertz CT molecular complexity index is 822. The van der Waals surface area contributed by atoms with Gasteiger partial charge in [-0.2, -0.15) is 0 Å². The predicted molar refractivity (Wildman–Crippen MR) is 98.9 cm³/mol. The topological polar surface area (TPSA) is 63.7 Å². The van der Waals surface area contributed by atoms with Crippen LogP contribution in [0.2, 0.25) is 0 Å². The molecule has 1 atom stereocenters. The molecule has 0 aromatic heterocycles. The summed E-state index contributed by atoms with van der Waals surface area (Å²) in [6.07, 6.45) is 0.780. The molecule has 1 aliphatic rings. The van der Waals surface area contributed by atoms with Crippen LogP contribution >= 0.6 is 11.8 Å². The van der Waals surface area contributed by atoms with Gasteiger partial charge in [-0.3, -0.25) is 14.5 Å². The summed E-state index contributed by atoms with van der Waals surface area (Å²) in [5.74, 6) is -0.819. The molecular weight excluding hydrogens is 350 g/mol. The Morgan fingerprint density at radius 1 is 1.12 bits per heavy atom. The molecule has 1 heterocycles. The van der Waals surface area contributed by atoms with Crippen molar-refractivity contribution in [2.75, 3.05) is 13.7 Å². The first-order valence-corrected chi connectivity index (χ1v) is 9.20. The maximum absolute atomic E-state index is 12.7. The van der Waals surface area contributed by atoms with Crippen LogP contribution in [0.4, 0.5) is 0 Å². The molecule has 0 saturated carbocycles. The van der Waals surface area contributed by atoms with Gasteiger partial charge in [0.05, 0.1) is 17.9 Å². The van der Waals surface area contributed by atoms with E-state index in [2.05, 4.69) is 0 Å². The summed E-state index contributed by atoms with van der Waals surface area (Å²) in [6, 6.07) is 16.7. The normalized spacial score (nSPS) is 16.8. The number of ether oxygens (including phenoxy) is 1. The number of hydrogen-bond donors (Lipinski definition) is 0. The van der Waals surface area contributed by atoms with E-state index >= 15 is 0 Å². The standard InChI is InChI=1S/C20H19NO4S/c1-25-20(24)15-9-5-6-10-16(15)26-17-13-18(22)21(19(17)23)12-11-14-7-3-2-4-8-14/h2-10,17H,11-13H2,1H3/t17-/m1/s1. The Balaban J connectivity index is 1.69. The molecule has 1 aliphatic heterocycles. The number of carbonyl (C=O) groups is 3. The predicted octanol–water partition coefficient (Wildman–Crippen LogP) is 2.94. The first-order chi connectivity index (χ1) is 12.6. The first kappa shape index (κ1) is 18.2. The molecule has 1 fully saturated rings. The number of rotatable bonds is 6. The number of carbonyl (C=O) groups excluding carboxylic acids is 3. The zero-order chi connectivity index (χ0) is 18.5. The van der Waals surface area contributed by atoms with Crippen molar-refractivity contribution in [2.24, 2.45) is 0 Å². The van der Waals surface area contributed by atoms with Gasteiger partial charge in [0, 0.05) is 17.9 Å². The fourth-order valence-corrected chi connectivity index (χ4v) is 4.06. The summed E-state index contributed by atoms with van der Waals surface area (Å²) in [5.41, 5.74) is 1.49. The summed E-state index contributed by atoms with van der Waals surface area (Å²) >= 11 is 1.25. The molecule has 0 spiro atoms. The van der Waals surface area contributed by atoms with E-state index in [0.717, 1.165) is 5.56 Å². The molecule has 0 radical (unpaired) electrons. The van der Waals surface area contributed by atoms with Crippen LogP contribution in [-0.2, 0) is 20.7 Å². The average Bonchev–Trinajstić information content (AvgIpc) is 2.93. The van der Waals surface area contributed by atoms with Gasteiger partial charge in [0.1, 0.15) is 0 Å². The van der Waals surface area contributed by atoms with Crippen LogP contribution in [0.15, 0.2) is 59.5 Å². The number of thioether (sulfide) groups is 1. The molecule has 0 aliphatic carbocycles. The van der Waals surface area contributed by atoms with Crippen molar-refractivity contribution in [3.05, 3.63) is 65.7 Å². The van der Waals surface area contributed by atoms with Crippen LogP contribution in [0.5, 0.6) is 0 Å². The molecular formula is C20H19NO4S. The molecule has 0 bridgehead atoms. The van der Waals surface area contributed by atoms with E-state index in [4.69, 9.17) is 4.74 Å². The van der Waals surface area contributed by atoms with Crippen molar-refractivity contribution < 1.29 is 19.1 Å². The minimum absolute atomic E-state index is 0.147. The van der Waals surface area contributed by atoms with E-state index in [9.17, 15) is 14.4 Å². The second kappa shape index (κ2) is 8.19. The maximum atomic E-state index is 12.7. The largest absolute Gasteiger partial charge is 0.465 e. The zero-order valence-electron chi connectivity index (χ0n) is 14.4. The SMILES string of the molecule is COC(=O)c1ccccc1S[C@@H]1CC(=O)N(CCc2ccccc2)C1=O. The Labute approximate surface area is 156 Å². The zero-order valence-corrected chi connectivity index (χ0v) is 15.2. The lowest BCUT2D eigenvalue weighted by Gasteiger charge is -2.15. The first-order valence-electron chi connectivity index (χ1n) is 8.32. The fraction of sp³-hybridized carbons (Fsp3) is 0.250. The average molecular weight is 369 g/mol. The lowest BCUT2D eigenvalue weighted by Crippen LogP contribution is -2.33. The van der Waals surface area contributed by atoms with Crippen LogP contribution < -0.4 is 0 Å². The summed E-state index contributed by atoms with van der Waals surface area (Å²) in [6.45, 7) is 0.372. The Morgan fingerprint density at radius 2 is 1.81 bits per heavy atom. The molecule has 6 heteroatoms.